The van der Waals surface area contributed by atoms with Crippen LogP contribution in [0, 0.1) is 0 Å². The molecule has 0 atom stereocenters. The monoisotopic (exact) mass is 249 g/mol. The Kier molecular flexibility index (Phi) is 5.62. The number of alkyl halides is 2. The van der Waals surface area contributed by atoms with Gasteiger partial charge in [-0.1, -0.05) is 6.92 Å². The van der Waals surface area contributed by atoms with Crippen LogP contribution in [0.4, 0.5) is 13.9 Å². The first-order chi connectivity index (χ1) is 7.63. The van der Waals surface area contributed by atoms with Gasteiger partial charge in [-0.2, -0.15) is 0 Å². The van der Waals surface area contributed by atoms with Crippen LogP contribution >= 0.6 is 11.3 Å². The number of anilines is 1. The van der Waals surface area contributed by atoms with E-state index < -0.39 is 6.43 Å². The Labute approximate surface area is 98.5 Å². The summed E-state index contributed by atoms with van der Waals surface area (Å²) >= 11 is 1.40. The van der Waals surface area contributed by atoms with Gasteiger partial charge < -0.3 is 10.2 Å². The summed E-state index contributed by atoms with van der Waals surface area (Å²) in [6, 6.07) is 0. The molecule has 0 aliphatic rings. The number of nitrogens with one attached hydrogen (secondary N) is 1. The molecule has 0 spiro atoms. The normalized spacial score (nSPS) is 11.1. The van der Waals surface area contributed by atoms with E-state index in [2.05, 4.69) is 17.2 Å². The van der Waals surface area contributed by atoms with Crippen molar-refractivity contribution >= 4 is 16.5 Å². The van der Waals surface area contributed by atoms with Crippen molar-refractivity contribution < 1.29 is 8.78 Å². The zero-order chi connectivity index (χ0) is 12.0. The Hall–Kier alpha value is -0.750. The van der Waals surface area contributed by atoms with Crippen LogP contribution in [0.5, 0.6) is 0 Å². The Morgan fingerprint density at radius 3 is 2.94 bits per heavy atom. The quantitative estimate of drug-likeness (QED) is 0.752. The summed E-state index contributed by atoms with van der Waals surface area (Å²) < 4.78 is 24.3. The lowest BCUT2D eigenvalue weighted by Gasteiger charge is -2.14. The number of halogens is 2. The highest BCUT2D eigenvalue weighted by atomic mass is 32.1. The molecule has 0 aliphatic heterocycles. The number of nitrogens with zero attached hydrogens (tertiary/aromatic N) is 2. The van der Waals surface area contributed by atoms with Crippen LogP contribution in [0.3, 0.4) is 0 Å². The second-order valence-electron chi connectivity index (χ2n) is 3.57. The minimum atomic E-state index is -2.32. The van der Waals surface area contributed by atoms with Gasteiger partial charge >= 0.3 is 0 Å². The summed E-state index contributed by atoms with van der Waals surface area (Å²) in [5, 5.41) is 5.77. The maximum atomic E-state index is 12.1. The first-order valence-corrected chi connectivity index (χ1v) is 6.15. The highest BCUT2D eigenvalue weighted by Crippen LogP contribution is 2.19. The minimum absolute atomic E-state index is 0.269. The van der Waals surface area contributed by atoms with Gasteiger partial charge in [-0.15, -0.1) is 11.3 Å². The minimum Gasteiger partial charge on any atom is -0.345 e. The molecule has 0 saturated heterocycles. The van der Waals surface area contributed by atoms with Gasteiger partial charge in [0, 0.05) is 19.0 Å². The Morgan fingerprint density at radius 2 is 2.31 bits per heavy atom. The van der Waals surface area contributed by atoms with Crippen molar-refractivity contribution in [1.29, 1.82) is 0 Å². The summed E-state index contributed by atoms with van der Waals surface area (Å²) in [6.07, 6.45) is -1.25. The molecule has 16 heavy (non-hydrogen) atoms. The maximum absolute atomic E-state index is 12.1. The molecule has 0 amide bonds. The van der Waals surface area contributed by atoms with Crippen molar-refractivity contribution in [3.05, 3.63) is 11.1 Å². The van der Waals surface area contributed by atoms with E-state index in [1.807, 2.05) is 5.38 Å². The van der Waals surface area contributed by atoms with E-state index in [4.69, 9.17) is 0 Å². The lowest BCUT2D eigenvalue weighted by atomic mass is 10.4. The number of rotatable bonds is 7. The molecular weight excluding hydrogens is 232 g/mol. The molecule has 3 nitrogen and oxygen atoms in total. The third kappa shape index (κ3) is 4.40. The van der Waals surface area contributed by atoms with Crippen molar-refractivity contribution in [2.45, 2.75) is 26.3 Å². The predicted molar refractivity (Wildman–Crippen MR) is 63.4 cm³/mol. The smallest absolute Gasteiger partial charge is 0.255 e. The topological polar surface area (TPSA) is 28.2 Å². The van der Waals surface area contributed by atoms with Crippen LogP contribution in [0.25, 0.3) is 0 Å². The van der Waals surface area contributed by atoms with Gasteiger partial charge in [0.25, 0.3) is 6.43 Å². The zero-order valence-corrected chi connectivity index (χ0v) is 10.4. The van der Waals surface area contributed by atoms with Crippen molar-refractivity contribution in [1.82, 2.24) is 10.3 Å². The molecule has 6 heteroatoms. The summed E-state index contributed by atoms with van der Waals surface area (Å²) in [5.41, 5.74) is 0.912. The molecule has 0 bridgehead atoms. The average molecular weight is 249 g/mol. The number of aromatic nitrogens is 1. The molecule has 0 unspecified atom stereocenters. The summed E-state index contributed by atoms with van der Waals surface area (Å²) in [6.45, 7) is 3.47. The lowest BCUT2D eigenvalue weighted by Crippen LogP contribution is -2.24. The van der Waals surface area contributed by atoms with Crippen LogP contribution in [-0.2, 0) is 6.54 Å². The van der Waals surface area contributed by atoms with E-state index in [1.54, 1.807) is 7.05 Å². The summed E-state index contributed by atoms with van der Waals surface area (Å²) in [7, 11) is 1.63. The Balaban J connectivity index is 2.44. The number of hydrogen-bond donors (Lipinski definition) is 1. The zero-order valence-electron chi connectivity index (χ0n) is 9.54. The Bertz CT molecular complexity index is 304. The second kappa shape index (κ2) is 6.75. The first kappa shape index (κ1) is 13.3. The third-order valence-electron chi connectivity index (χ3n) is 2.01. The van der Waals surface area contributed by atoms with Crippen molar-refractivity contribution in [3.63, 3.8) is 0 Å². The van der Waals surface area contributed by atoms with Gasteiger partial charge in [-0.3, -0.25) is 0 Å². The molecular formula is C10H17F2N3S. The molecule has 1 N–H and O–H groups in total. The largest absolute Gasteiger partial charge is 0.345 e. The molecule has 0 aromatic carbocycles. The number of thiazole rings is 1. The standard InChI is InChI=1S/C10H17F2N3S/c1-3-4-13-5-8-7-16-10(14-8)15(2)6-9(11)12/h7,9,13H,3-6H2,1-2H3. The van der Waals surface area contributed by atoms with Gasteiger partial charge in [0.05, 0.1) is 12.2 Å². The molecule has 1 aromatic rings. The Morgan fingerprint density at radius 1 is 1.56 bits per heavy atom. The molecule has 1 rings (SSSR count). The third-order valence-corrected chi connectivity index (χ3v) is 3.01. The second-order valence-corrected chi connectivity index (χ2v) is 4.41. The van der Waals surface area contributed by atoms with E-state index in [0.29, 0.717) is 11.7 Å². The predicted octanol–water partition coefficient (Wildman–Crippen LogP) is 2.34. The number of hydrogen-bond acceptors (Lipinski definition) is 4. The van der Waals surface area contributed by atoms with E-state index in [9.17, 15) is 8.78 Å². The fraction of sp³-hybridized carbons (Fsp3) is 0.700. The average Bonchev–Trinajstić information content (AvgIpc) is 2.66. The van der Waals surface area contributed by atoms with Gasteiger partial charge in [-0.25, -0.2) is 13.8 Å². The molecule has 0 fully saturated rings. The highest BCUT2D eigenvalue weighted by Gasteiger charge is 2.11. The first-order valence-electron chi connectivity index (χ1n) is 5.28. The lowest BCUT2D eigenvalue weighted by molar-refractivity contribution is 0.156. The van der Waals surface area contributed by atoms with Crippen molar-refractivity contribution in [2.24, 2.45) is 0 Å². The summed E-state index contributed by atoms with van der Waals surface area (Å²) in [4.78, 5) is 5.77. The van der Waals surface area contributed by atoms with Crippen LogP contribution in [0.15, 0.2) is 5.38 Å². The highest BCUT2D eigenvalue weighted by molar-refractivity contribution is 7.13. The molecule has 0 saturated carbocycles. The fourth-order valence-corrected chi connectivity index (χ4v) is 2.03. The van der Waals surface area contributed by atoms with Gasteiger partial charge in [0.1, 0.15) is 0 Å². The van der Waals surface area contributed by atoms with Gasteiger partial charge in [0.2, 0.25) is 0 Å². The van der Waals surface area contributed by atoms with Crippen LogP contribution in [0.1, 0.15) is 19.0 Å². The molecule has 1 aromatic heterocycles. The van der Waals surface area contributed by atoms with Crippen molar-refractivity contribution in [3.8, 4) is 0 Å². The SMILES string of the molecule is CCCNCc1csc(N(C)CC(F)F)n1. The van der Waals surface area contributed by atoms with Gasteiger partial charge in [0.15, 0.2) is 5.13 Å². The van der Waals surface area contributed by atoms with E-state index >= 15 is 0 Å². The molecule has 92 valence electrons. The van der Waals surface area contributed by atoms with E-state index in [-0.39, 0.29) is 6.54 Å². The van der Waals surface area contributed by atoms with Crippen LogP contribution in [-0.4, -0.2) is 31.5 Å². The maximum Gasteiger partial charge on any atom is 0.255 e. The van der Waals surface area contributed by atoms with Crippen LogP contribution < -0.4 is 10.2 Å². The van der Waals surface area contributed by atoms with E-state index in [1.165, 1.54) is 16.2 Å². The fourth-order valence-electron chi connectivity index (χ4n) is 1.23. The van der Waals surface area contributed by atoms with Crippen molar-refractivity contribution in [2.75, 3.05) is 25.0 Å². The van der Waals surface area contributed by atoms with Crippen LogP contribution in [0.2, 0.25) is 0 Å². The molecule has 0 aliphatic carbocycles. The van der Waals surface area contributed by atoms with Gasteiger partial charge in [-0.05, 0) is 13.0 Å². The van der Waals surface area contributed by atoms with E-state index in [0.717, 1.165) is 18.7 Å². The molecule has 0 radical (unpaired) electrons. The molecule has 1 heterocycles. The summed E-state index contributed by atoms with van der Waals surface area (Å²) in [5.74, 6) is 0.